The van der Waals surface area contributed by atoms with Crippen LogP contribution in [0.5, 0.6) is 5.75 Å². The Morgan fingerprint density at radius 2 is 1.95 bits per heavy atom. The molecule has 0 aliphatic rings. The van der Waals surface area contributed by atoms with Gasteiger partial charge in [0.25, 0.3) is 0 Å². The van der Waals surface area contributed by atoms with Gasteiger partial charge in [0.1, 0.15) is 11.4 Å². The number of halogens is 3. The van der Waals surface area contributed by atoms with Gasteiger partial charge in [0.15, 0.2) is 0 Å². The minimum atomic E-state index is -4.74. The highest BCUT2D eigenvalue weighted by molar-refractivity contribution is 5.87. The maximum Gasteiger partial charge on any atom is 0.573 e. The molecule has 1 heterocycles. The number of hydrogen-bond acceptors (Lipinski definition) is 5. The van der Waals surface area contributed by atoms with E-state index in [1.165, 1.54) is 18.2 Å². The molecular weight excluding hydrogens is 291 g/mol. The van der Waals surface area contributed by atoms with Crippen molar-refractivity contribution in [3.05, 3.63) is 36.1 Å². The van der Waals surface area contributed by atoms with E-state index in [9.17, 15) is 18.0 Å². The Morgan fingerprint density at radius 1 is 1.29 bits per heavy atom. The molecule has 5 nitrogen and oxygen atoms in total. The molecule has 0 bridgehead atoms. The lowest BCUT2D eigenvalue weighted by Crippen LogP contribution is -2.16. The van der Waals surface area contributed by atoms with E-state index >= 15 is 0 Å². The molecule has 0 saturated carbocycles. The molecule has 0 unspecified atom stereocenters. The van der Waals surface area contributed by atoms with Crippen LogP contribution in [0, 0.1) is 0 Å². The number of nitrogens with zero attached hydrogens (tertiary/aromatic N) is 1. The maximum atomic E-state index is 12.0. The van der Waals surface area contributed by atoms with Gasteiger partial charge in [0.2, 0.25) is 5.76 Å². The topological polar surface area (TPSA) is 61.6 Å². The lowest BCUT2D eigenvalue weighted by Gasteiger charge is -2.08. The van der Waals surface area contributed by atoms with Gasteiger partial charge in [0, 0.05) is 11.6 Å². The quantitative estimate of drug-likeness (QED) is 0.810. The first-order valence-corrected chi connectivity index (χ1v) is 5.89. The molecule has 112 valence electrons. The van der Waals surface area contributed by atoms with Crippen molar-refractivity contribution in [2.45, 2.75) is 13.3 Å². The molecule has 0 spiro atoms. The van der Waals surface area contributed by atoms with Gasteiger partial charge in [-0.1, -0.05) is 5.16 Å². The summed E-state index contributed by atoms with van der Waals surface area (Å²) in [4.78, 5) is 11.4. The Balaban J connectivity index is 2.14. The number of esters is 1. The van der Waals surface area contributed by atoms with E-state index in [0.29, 0.717) is 11.3 Å². The molecule has 0 fully saturated rings. The fourth-order valence-electron chi connectivity index (χ4n) is 1.54. The van der Waals surface area contributed by atoms with Crippen LogP contribution in [-0.4, -0.2) is 24.1 Å². The van der Waals surface area contributed by atoms with Crippen molar-refractivity contribution in [3.8, 4) is 17.0 Å². The van der Waals surface area contributed by atoms with E-state index in [-0.39, 0.29) is 18.1 Å². The van der Waals surface area contributed by atoms with E-state index < -0.39 is 12.3 Å². The lowest BCUT2D eigenvalue weighted by molar-refractivity contribution is -0.274. The second-order valence-electron chi connectivity index (χ2n) is 3.87. The first-order chi connectivity index (χ1) is 9.89. The third-order valence-electron chi connectivity index (χ3n) is 2.37. The zero-order chi connectivity index (χ0) is 15.5. The maximum absolute atomic E-state index is 12.0. The Hall–Kier alpha value is -2.51. The largest absolute Gasteiger partial charge is 0.573 e. The van der Waals surface area contributed by atoms with Crippen molar-refractivity contribution in [2.75, 3.05) is 6.61 Å². The van der Waals surface area contributed by atoms with Crippen LogP contribution in [0.4, 0.5) is 13.2 Å². The van der Waals surface area contributed by atoms with Gasteiger partial charge in [-0.3, -0.25) is 0 Å². The highest BCUT2D eigenvalue weighted by Gasteiger charge is 2.31. The molecule has 0 N–H and O–H groups in total. The van der Waals surface area contributed by atoms with E-state index in [4.69, 9.17) is 9.26 Å². The predicted molar refractivity (Wildman–Crippen MR) is 64.6 cm³/mol. The monoisotopic (exact) mass is 301 g/mol. The van der Waals surface area contributed by atoms with Crippen LogP contribution < -0.4 is 4.74 Å². The zero-order valence-electron chi connectivity index (χ0n) is 10.8. The number of rotatable bonds is 4. The summed E-state index contributed by atoms with van der Waals surface area (Å²) in [6, 6.07) is 6.36. The van der Waals surface area contributed by atoms with Crippen LogP contribution in [0.2, 0.25) is 0 Å². The third kappa shape index (κ3) is 3.98. The summed E-state index contributed by atoms with van der Waals surface area (Å²) in [6.07, 6.45) is -4.74. The molecule has 1 aromatic carbocycles. The molecule has 2 rings (SSSR count). The second-order valence-corrected chi connectivity index (χ2v) is 3.87. The average molecular weight is 301 g/mol. The van der Waals surface area contributed by atoms with Crippen molar-refractivity contribution in [2.24, 2.45) is 0 Å². The normalized spacial score (nSPS) is 11.2. The Bertz CT molecular complexity index is 619. The molecule has 8 heteroatoms. The molecule has 0 radical (unpaired) electrons. The molecule has 0 saturated heterocycles. The molecular formula is C13H10F3NO4. The van der Waals surface area contributed by atoms with Crippen LogP contribution in [0.25, 0.3) is 11.3 Å². The fraction of sp³-hybridized carbons (Fsp3) is 0.231. The van der Waals surface area contributed by atoms with Crippen LogP contribution in [0.3, 0.4) is 0 Å². The molecule has 21 heavy (non-hydrogen) atoms. The van der Waals surface area contributed by atoms with E-state index in [1.807, 2.05) is 0 Å². The molecule has 0 aliphatic heterocycles. The molecule has 0 atom stereocenters. The summed E-state index contributed by atoms with van der Waals surface area (Å²) in [5.41, 5.74) is 0.778. The summed E-state index contributed by atoms with van der Waals surface area (Å²) >= 11 is 0. The number of hydrogen-bond donors (Lipinski definition) is 0. The summed E-state index contributed by atoms with van der Waals surface area (Å²) in [7, 11) is 0. The molecule has 0 aliphatic carbocycles. The third-order valence-corrected chi connectivity index (χ3v) is 2.37. The Labute approximate surface area is 117 Å². The number of alkyl halides is 3. The van der Waals surface area contributed by atoms with Crippen LogP contribution in [0.15, 0.2) is 34.9 Å². The summed E-state index contributed by atoms with van der Waals surface area (Å²) in [5, 5.41) is 3.66. The van der Waals surface area contributed by atoms with Gasteiger partial charge in [0.05, 0.1) is 6.61 Å². The van der Waals surface area contributed by atoms with Gasteiger partial charge in [-0.05, 0) is 31.2 Å². The van der Waals surface area contributed by atoms with Gasteiger partial charge >= 0.3 is 12.3 Å². The van der Waals surface area contributed by atoms with Crippen molar-refractivity contribution in [1.29, 1.82) is 0 Å². The molecule has 0 amide bonds. The first-order valence-electron chi connectivity index (χ1n) is 5.89. The number of carbonyl (C=O) groups is 1. The zero-order valence-corrected chi connectivity index (χ0v) is 10.8. The summed E-state index contributed by atoms with van der Waals surface area (Å²) in [6.45, 7) is 1.84. The highest BCUT2D eigenvalue weighted by atomic mass is 19.4. The number of ether oxygens (including phenoxy) is 2. The first kappa shape index (κ1) is 14.9. The van der Waals surface area contributed by atoms with Crippen molar-refractivity contribution < 1.29 is 32.0 Å². The lowest BCUT2D eigenvalue weighted by atomic mass is 10.1. The standard InChI is InChI=1S/C13H10F3NO4/c1-2-19-12(18)11-7-10(17-21-11)8-3-5-9(6-4-8)20-13(14,15)16/h3-7H,2H2,1H3. The second kappa shape index (κ2) is 5.86. The van der Waals surface area contributed by atoms with E-state index in [2.05, 4.69) is 9.89 Å². The van der Waals surface area contributed by atoms with E-state index in [0.717, 1.165) is 12.1 Å². The van der Waals surface area contributed by atoms with E-state index in [1.54, 1.807) is 6.92 Å². The summed E-state index contributed by atoms with van der Waals surface area (Å²) < 4.78 is 49.4. The van der Waals surface area contributed by atoms with Crippen molar-refractivity contribution in [1.82, 2.24) is 5.16 Å². The Morgan fingerprint density at radius 3 is 2.52 bits per heavy atom. The molecule has 2 aromatic rings. The molecule has 1 aromatic heterocycles. The van der Waals surface area contributed by atoms with Crippen molar-refractivity contribution in [3.63, 3.8) is 0 Å². The van der Waals surface area contributed by atoms with Crippen LogP contribution in [0.1, 0.15) is 17.5 Å². The Kier molecular flexibility index (Phi) is 4.15. The highest BCUT2D eigenvalue weighted by Crippen LogP contribution is 2.26. The number of aromatic nitrogens is 1. The van der Waals surface area contributed by atoms with Gasteiger partial charge in [-0.2, -0.15) is 0 Å². The summed E-state index contributed by atoms with van der Waals surface area (Å²) in [5.74, 6) is -1.09. The number of carbonyl (C=O) groups excluding carboxylic acids is 1. The van der Waals surface area contributed by atoms with Gasteiger partial charge < -0.3 is 14.0 Å². The van der Waals surface area contributed by atoms with Crippen molar-refractivity contribution >= 4 is 5.97 Å². The van der Waals surface area contributed by atoms with Crippen LogP contribution in [-0.2, 0) is 4.74 Å². The smallest absolute Gasteiger partial charge is 0.460 e. The van der Waals surface area contributed by atoms with Crippen LogP contribution >= 0.6 is 0 Å². The van der Waals surface area contributed by atoms with Gasteiger partial charge in [-0.15, -0.1) is 13.2 Å². The predicted octanol–water partition coefficient (Wildman–Crippen LogP) is 3.42. The fourth-order valence-corrected chi connectivity index (χ4v) is 1.54. The average Bonchev–Trinajstić information content (AvgIpc) is 2.87. The number of benzene rings is 1. The minimum absolute atomic E-state index is 0.0810. The minimum Gasteiger partial charge on any atom is -0.460 e. The van der Waals surface area contributed by atoms with Gasteiger partial charge in [-0.25, -0.2) is 4.79 Å². The SMILES string of the molecule is CCOC(=O)c1cc(-c2ccc(OC(F)(F)F)cc2)no1.